The lowest BCUT2D eigenvalue weighted by atomic mass is 9.73. The van der Waals surface area contributed by atoms with Gasteiger partial charge in [0.15, 0.2) is 0 Å². The Hall–Kier alpha value is -3.61. The standard InChI is InChI=1S/C31H35N3O4/c1-20(35)13-18-32-28(37)23-9-7-22(8-10-23)21(2)34-29(38)27(24-5-4-6-26(36)19-24)33-31(34)14-11-25(12-15-31)30(3)16-17-30/h4-7,9,16-17,19,21,25H,3,8,10-15,18H2,1-2H3,(H-,32,36,37)/p+1. The van der Waals surface area contributed by atoms with Crippen molar-refractivity contribution < 1.29 is 19.5 Å². The van der Waals surface area contributed by atoms with Gasteiger partial charge in [0.2, 0.25) is 5.91 Å². The maximum absolute atomic E-state index is 14.0. The summed E-state index contributed by atoms with van der Waals surface area (Å²) < 4.78 is 0. The van der Waals surface area contributed by atoms with Gasteiger partial charge in [-0.1, -0.05) is 24.3 Å². The Labute approximate surface area is 224 Å². The lowest BCUT2D eigenvalue weighted by molar-refractivity contribution is -0.131. The van der Waals surface area contributed by atoms with Gasteiger partial charge >= 0.3 is 0 Å². The molecular formula is C31H36N3O4+. The molecule has 0 saturated heterocycles. The number of Topliss-reactive ketones (excluding diaryl/α,β-unsaturated/α-hetero) is 1. The molecule has 198 valence electrons. The van der Waals surface area contributed by atoms with Crippen molar-refractivity contribution in [3.05, 3.63) is 72.2 Å². The molecule has 2 N–H and O–H groups in total. The van der Waals surface area contributed by atoms with Crippen molar-refractivity contribution in [2.75, 3.05) is 6.54 Å². The van der Waals surface area contributed by atoms with Crippen LogP contribution in [0, 0.1) is 18.3 Å². The number of amides is 2. The molecule has 1 heterocycles. The van der Waals surface area contributed by atoms with Gasteiger partial charge in [0, 0.05) is 30.0 Å². The van der Waals surface area contributed by atoms with Crippen LogP contribution >= 0.6 is 0 Å². The molecule has 2 amide bonds. The largest absolute Gasteiger partial charge is 0.508 e. The van der Waals surface area contributed by atoms with Gasteiger partial charge in [0.05, 0.1) is 13.0 Å². The fourth-order valence-electron chi connectivity index (χ4n) is 6.16. The molecule has 1 aromatic rings. The molecule has 1 fully saturated rings. The van der Waals surface area contributed by atoms with Crippen LogP contribution in [0.4, 0.5) is 0 Å². The summed E-state index contributed by atoms with van der Waals surface area (Å²) in [6.45, 7) is 8.26. The molecule has 4 aliphatic rings. The first kappa shape index (κ1) is 26.0. The Morgan fingerprint density at radius 3 is 2.55 bits per heavy atom. The molecule has 0 radical (unpaired) electrons. The fourth-order valence-corrected chi connectivity index (χ4v) is 6.16. The third kappa shape index (κ3) is 4.94. The SMILES string of the molecule is [CH2+]C1(C2CCC3(CC2)N=C(c2cccc(O)c2)C(=O)N3C(C)C2=CC=C(C(=O)NCCC(C)=O)CC2)C=C1. The molecule has 1 saturated carbocycles. The van der Waals surface area contributed by atoms with E-state index in [1.54, 1.807) is 18.2 Å². The molecule has 1 atom stereocenters. The summed E-state index contributed by atoms with van der Waals surface area (Å²) in [4.78, 5) is 44.7. The van der Waals surface area contributed by atoms with E-state index < -0.39 is 5.66 Å². The average Bonchev–Trinajstić information content (AvgIpc) is 3.59. The van der Waals surface area contributed by atoms with Crippen LogP contribution in [0.3, 0.4) is 0 Å². The molecule has 1 aromatic carbocycles. The number of hydrogen-bond donors (Lipinski definition) is 2. The van der Waals surface area contributed by atoms with Crippen LogP contribution in [-0.4, -0.2) is 51.6 Å². The summed E-state index contributed by atoms with van der Waals surface area (Å²) in [5, 5.41) is 12.9. The summed E-state index contributed by atoms with van der Waals surface area (Å²) in [6.07, 6.45) is 13.1. The summed E-state index contributed by atoms with van der Waals surface area (Å²) in [5.74, 6) is 0.347. The zero-order chi connectivity index (χ0) is 27.1. The predicted molar refractivity (Wildman–Crippen MR) is 146 cm³/mol. The number of phenols is 1. The predicted octanol–water partition coefficient (Wildman–Crippen LogP) is 4.43. The summed E-state index contributed by atoms with van der Waals surface area (Å²) in [5.41, 5.74) is 2.12. The van der Waals surface area contributed by atoms with Crippen molar-refractivity contribution in [2.45, 2.75) is 70.5 Å². The number of hydrogen-bond acceptors (Lipinski definition) is 5. The number of rotatable bonds is 8. The third-order valence-corrected chi connectivity index (χ3v) is 8.61. The lowest BCUT2D eigenvalue weighted by Gasteiger charge is -2.45. The molecule has 5 rings (SSSR count). The second-order valence-corrected chi connectivity index (χ2v) is 11.2. The highest BCUT2D eigenvalue weighted by molar-refractivity contribution is 6.47. The number of allylic oxidation sites excluding steroid dienone is 4. The normalized spacial score (nSPS) is 26.5. The van der Waals surface area contributed by atoms with Crippen molar-refractivity contribution in [3.8, 4) is 5.75 Å². The Kier molecular flexibility index (Phi) is 6.80. The van der Waals surface area contributed by atoms with Crippen molar-refractivity contribution in [3.63, 3.8) is 0 Å². The van der Waals surface area contributed by atoms with Crippen LogP contribution < -0.4 is 5.32 Å². The van der Waals surface area contributed by atoms with Crippen LogP contribution in [0.15, 0.2) is 64.7 Å². The highest BCUT2D eigenvalue weighted by Crippen LogP contribution is 2.52. The summed E-state index contributed by atoms with van der Waals surface area (Å²) in [6, 6.07) is 6.56. The molecule has 0 bridgehead atoms. The first-order valence-electron chi connectivity index (χ1n) is 13.6. The van der Waals surface area contributed by atoms with Crippen LogP contribution in [0.25, 0.3) is 0 Å². The fraction of sp³-hybridized carbons (Fsp3) is 0.452. The van der Waals surface area contributed by atoms with E-state index in [0.717, 1.165) is 31.3 Å². The highest BCUT2D eigenvalue weighted by atomic mass is 16.3. The monoisotopic (exact) mass is 514 g/mol. The van der Waals surface area contributed by atoms with Gasteiger partial charge < -0.3 is 15.3 Å². The zero-order valence-electron chi connectivity index (χ0n) is 22.2. The van der Waals surface area contributed by atoms with Crippen molar-refractivity contribution >= 4 is 23.3 Å². The Morgan fingerprint density at radius 1 is 1.21 bits per heavy atom. The molecule has 7 heteroatoms. The number of aromatic hydroxyl groups is 1. The van der Waals surface area contributed by atoms with E-state index in [1.807, 2.05) is 23.1 Å². The minimum Gasteiger partial charge on any atom is -0.508 e. The number of carbonyl (C=O) groups excluding carboxylic acids is 3. The molecule has 38 heavy (non-hydrogen) atoms. The van der Waals surface area contributed by atoms with Gasteiger partial charge in [-0.25, -0.2) is 0 Å². The van der Waals surface area contributed by atoms with Gasteiger partial charge in [0.1, 0.15) is 28.3 Å². The van der Waals surface area contributed by atoms with Crippen LogP contribution in [0.2, 0.25) is 0 Å². The van der Waals surface area contributed by atoms with Crippen LogP contribution in [0.1, 0.15) is 64.4 Å². The van der Waals surface area contributed by atoms with Gasteiger partial charge in [-0.3, -0.25) is 19.4 Å². The molecule has 1 aliphatic heterocycles. The van der Waals surface area contributed by atoms with Crippen molar-refractivity contribution in [2.24, 2.45) is 16.3 Å². The zero-order valence-corrected chi connectivity index (χ0v) is 22.2. The number of phenolic OH excluding ortho intramolecular Hbond substituents is 1. The Morgan fingerprint density at radius 2 is 1.95 bits per heavy atom. The first-order chi connectivity index (χ1) is 18.1. The van der Waals surface area contributed by atoms with Gasteiger partial charge in [-0.05, 0) is 82.2 Å². The van der Waals surface area contributed by atoms with Gasteiger partial charge in [-0.15, -0.1) is 0 Å². The maximum Gasteiger partial charge on any atom is 0.275 e. The minimum absolute atomic E-state index is 0.0447. The average molecular weight is 515 g/mol. The van der Waals surface area contributed by atoms with Crippen molar-refractivity contribution in [1.29, 1.82) is 0 Å². The first-order valence-corrected chi connectivity index (χ1v) is 13.6. The van der Waals surface area contributed by atoms with E-state index in [-0.39, 0.29) is 34.8 Å². The number of carbonyl (C=O) groups is 3. The van der Waals surface area contributed by atoms with Crippen LogP contribution in [-0.2, 0) is 14.4 Å². The summed E-state index contributed by atoms with van der Waals surface area (Å²) in [7, 11) is 0. The molecule has 1 spiro atoms. The third-order valence-electron chi connectivity index (χ3n) is 8.61. The quantitative estimate of drug-likeness (QED) is 0.396. The Balaban J connectivity index is 1.38. The lowest BCUT2D eigenvalue weighted by Crippen LogP contribution is -2.54. The molecule has 0 aromatic heterocycles. The maximum atomic E-state index is 14.0. The van der Waals surface area contributed by atoms with E-state index in [9.17, 15) is 19.5 Å². The minimum atomic E-state index is -0.631. The van der Waals surface area contributed by atoms with Gasteiger partial charge in [0.25, 0.3) is 5.91 Å². The molecule has 3 aliphatic carbocycles. The van der Waals surface area contributed by atoms with E-state index in [4.69, 9.17) is 4.99 Å². The van der Waals surface area contributed by atoms with E-state index in [0.29, 0.717) is 48.6 Å². The van der Waals surface area contributed by atoms with E-state index in [1.165, 1.54) is 6.92 Å². The smallest absolute Gasteiger partial charge is 0.275 e. The molecule has 1 unspecified atom stereocenters. The number of nitrogens with one attached hydrogen (secondary N) is 1. The number of benzene rings is 1. The number of nitrogens with zero attached hydrogens (tertiary/aromatic N) is 2. The van der Waals surface area contributed by atoms with E-state index in [2.05, 4.69) is 31.3 Å². The second-order valence-electron chi connectivity index (χ2n) is 11.2. The van der Waals surface area contributed by atoms with Gasteiger partial charge in [-0.2, -0.15) is 0 Å². The highest BCUT2D eigenvalue weighted by Gasteiger charge is 2.55. The number of ketones is 1. The topological polar surface area (TPSA) is 99.1 Å². The molecular weight excluding hydrogens is 478 g/mol. The Bertz CT molecular complexity index is 1270. The second kappa shape index (κ2) is 9.93. The van der Waals surface area contributed by atoms with E-state index >= 15 is 0 Å². The van der Waals surface area contributed by atoms with Crippen LogP contribution in [0.5, 0.6) is 5.75 Å². The van der Waals surface area contributed by atoms with Crippen molar-refractivity contribution in [1.82, 2.24) is 10.2 Å². The summed E-state index contributed by atoms with van der Waals surface area (Å²) >= 11 is 0. The number of aliphatic imine (C=N–C) groups is 1. The molecule has 7 nitrogen and oxygen atoms in total.